The Morgan fingerprint density at radius 3 is 2.34 bits per heavy atom. The van der Waals surface area contributed by atoms with Gasteiger partial charge in [-0.15, -0.1) is 0 Å². The van der Waals surface area contributed by atoms with Crippen molar-refractivity contribution in [3.05, 3.63) is 59.4 Å². The van der Waals surface area contributed by atoms with Crippen molar-refractivity contribution in [3.8, 4) is 0 Å². The molecular formula is C21H19F3N4O4. The maximum atomic E-state index is 14.0. The van der Waals surface area contributed by atoms with Gasteiger partial charge in [0.2, 0.25) is 5.54 Å². The molecule has 0 bridgehead atoms. The smallest absolute Gasteiger partial charge is 0.356 e. The molecule has 2 fully saturated rings. The Balaban J connectivity index is 1.56. The van der Waals surface area contributed by atoms with Crippen LogP contribution in [0.2, 0.25) is 0 Å². The highest BCUT2D eigenvalue weighted by molar-refractivity contribution is 6.12. The number of amides is 4. The lowest BCUT2D eigenvalue weighted by Gasteiger charge is -2.29. The third-order valence-electron chi connectivity index (χ3n) is 5.67. The largest absolute Gasteiger partial charge is 0.425 e. The van der Waals surface area contributed by atoms with Crippen molar-refractivity contribution in [1.82, 2.24) is 20.1 Å². The minimum absolute atomic E-state index is 0.0163. The van der Waals surface area contributed by atoms with E-state index in [0.29, 0.717) is 13.1 Å². The number of urea groups is 1. The molecule has 2 aliphatic heterocycles. The Labute approximate surface area is 180 Å². The van der Waals surface area contributed by atoms with Crippen LogP contribution >= 0.6 is 0 Å². The van der Waals surface area contributed by atoms with Gasteiger partial charge < -0.3 is 15.2 Å². The second-order valence-corrected chi connectivity index (χ2v) is 7.66. The Morgan fingerprint density at radius 1 is 1.06 bits per heavy atom. The van der Waals surface area contributed by atoms with Gasteiger partial charge in [-0.3, -0.25) is 19.3 Å². The van der Waals surface area contributed by atoms with Crippen LogP contribution in [0.25, 0.3) is 0 Å². The molecule has 2 aromatic rings. The number of aromatic nitrogens is 1. The van der Waals surface area contributed by atoms with Crippen molar-refractivity contribution < 1.29 is 32.3 Å². The molecule has 0 spiro atoms. The number of carbonyl (C=O) groups is 4. The molecule has 1 aromatic carbocycles. The first-order valence-electron chi connectivity index (χ1n) is 9.92. The third-order valence-corrected chi connectivity index (χ3v) is 5.67. The summed E-state index contributed by atoms with van der Waals surface area (Å²) >= 11 is 0. The van der Waals surface area contributed by atoms with E-state index in [0.717, 1.165) is 25.0 Å². The van der Waals surface area contributed by atoms with Gasteiger partial charge in [0.1, 0.15) is 5.69 Å². The first kappa shape index (κ1) is 21.6. The number of imide groups is 1. The number of alkyl halides is 3. The Kier molecular flexibility index (Phi) is 5.27. The monoisotopic (exact) mass is 448 g/mol. The number of hydrogen-bond donors (Lipinski definition) is 2. The van der Waals surface area contributed by atoms with Gasteiger partial charge in [0.05, 0.1) is 6.54 Å². The summed E-state index contributed by atoms with van der Waals surface area (Å²) < 4.78 is 42.0. The fourth-order valence-corrected chi connectivity index (χ4v) is 3.96. The maximum Gasteiger partial charge on any atom is 0.425 e. The predicted octanol–water partition coefficient (Wildman–Crippen LogP) is 2.44. The number of halogens is 3. The lowest BCUT2D eigenvalue weighted by molar-refractivity contribution is -0.198. The SMILES string of the molecule is O=C(CN1C(=O)NC(c2ccccc2)(C(F)(F)F)C1=O)c1c[nH]c(C(=O)N2CCCC2)c1. The molecule has 1 aromatic heterocycles. The number of rotatable bonds is 5. The Morgan fingerprint density at radius 2 is 1.72 bits per heavy atom. The number of benzene rings is 1. The van der Waals surface area contributed by atoms with Crippen molar-refractivity contribution in [2.24, 2.45) is 0 Å². The van der Waals surface area contributed by atoms with Gasteiger partial charge in [-0.05, 0) is 24.5 Å². The first-order chi connectivity index (χ1) is 15.1. The summed E-state index contributed by atoms with van der Waals surface area (Å²) in [5.41, 5.74) is -3.60. The van der Waals surface area contributed by atoms with Crippen LogP contribution in [-0.2, 0) is 10.3 Å². The summed E-state index contributed by atoms with van der Waals surface area (Å²) in [5.74, 6) is -2.66. The van der Waals surface area contributed by atoms with E-state index in [4.69, 9.17) is 0 Å². The Bertz CT molecular complexity index is 1080. The minimum atomic E-state index is -5.14. The summed E-state index contributed by atoms with van der Waals surface area (Å²) in [7, 11) is 0. The molecular weight excluding hydrogens is 429 g/mol. The van der Waals surface area contributed by atoms with Crippen LogP contribution < -0.4 is 5.32 Å². The van der Waals surface area contributed by atoms with E-state index >= 15 is 0 Å². The molecule has 32 heavy (non-hydrogen) atoms. The highest BCUT2D eigenvalue weighted by Gasteiger charge is 2.68. The number of hydrogen-bond acceptors (Lipinski definition) is 4. The zero-order valence-electron chi connectivity index (χ0n) is 16.7. The van der Waals surface area contributed by atoms with Crippen LogP contribution in [0.3, 0.4) is 0 Å². The minimum Gasteiger partial charge on any atom is -0.356 e. The average Bonchev–Trinajstić information content (AvgIpc) is 3.50. The standard InChI is InChI=1S/C21H19F3N4O4/c22-21(23,24)20(14-6-2-1-3-7-14)18(31)28(19(32)26-20)12-16(29)13-10-15(25-11-13)17(30)27-8-4-5-9-27/h1-3,6-7,10-11,25H,4-5,8-9,12H2,(H,26,32). The van der Waals surface area contributed by atoms with E-state index in [1.807, 2.05) is 0 Å². The molecule has 2 aliphatic rings. The van der Waals surface area contributed by atoms with Crippen molar-refractivity contribution in [3.63, 3.8) is 0 Å². The highest BCUT2D eigenvalue weighted by atomic mass is 19.4. The van der Waals surface area contributed by atoms with E-state index in [-0.39, 0.29) is 22.1 Å². The van der Waals surface area contributed by atoms with Crippen molar-refractivity contribution in [2.75, 3.05) is 19.6 Å². The summed E-state index contributed by atoms with van der Waals surface area (Å²) in [5, 5.41) is 1.73. The molecule has 0 saturated carbocycles. The lowest BCUT2D eigenvalue weighted by atomic mass is 9.89. The zero-order valence-corrected chi connectivity index (χ0v) is 16.7. The van der Waals surface area contributed by atoms with Crippen molar-refractivity contribution in [2.45, 2.75) is 24.6 Å². The zero-order chi connectivity index (χ0) is 23.1. The Hall–Kier alpha value is -3.63. The topological polar surface area (TPSA) is 103 Å². The molecule has 2 N–H and O–H groups in total. The molecule has 0 radical (unpaired) electrons. The van der Waals surface area contributed by atoms with Gasteiger partial charge in [0.25, 0.3) is 11.8 Å². The summed E-state index contributed by atoms with van der Waals surface area (Å²) in [6, 6.07) is 6.22. The van der Waals surface area contributed by atoms with Gasteiger partial charge in [-0.2, -0.15) is 13.2 Å². The second-order valence-electron chi connectivity index (χ2n) is 7.66. The van der Waals surface area contributed by atoms with Gasteiger partial charge >= 0.3 is 12.2 Å². The van der Waals surface area contributed by atoms with Gasteiger partial charge in [0.15, 0.2) is 5.78 Å². The van der Waals surface area contributed by atoms with E-state index in [2.05, 4.69) is 4.98 Å². The first-order valence-corrected chi connectivity index (χ1v) is 9.92. The molecule has 11 heteroatoms. The van der Waals surface area contributed by atoms with Gasteiger partial charge in [-0.25, -0.2) is 4.79 Å². The van der Waals surface area contributed by atoms with E-state index < -0.39 is 41.5 Å². The van der Waals surface area contributed by atoms with Crippen LogP contribution in [0.5, 0.6) is 0 Å². The molecule has 2 saturated heterocycles. The van der Waals surface area contributed by atoms with E-state index in [1.54, 1.807) is 10.2 Å². The third kappa shape index (κ3) is 3.43. The maximum absolute atomic E-state index is 14.0. The summed E-state index contributed by atoms with van der Waals surface area (Å²) in [4.78, 5) is 54.8. The quantitative estimate of drug-likeness (QED) is 0.542. The second kappa shape index (κ2) is 7.81. The fourth-order valence-electron chi connectivity index (χ4n) is 3.96. The fraction of sp³-hybridized carbons (Fsp3) is 0.333. The van der Waals surface area contributed by atoms with Crippen molar-refractivity contribution in [1.29, 1.82) is 0 Å². The predicted molar refractivity (Wildman–Crippen MR) is 105 cm³/mol. The number of aromatic amines is 1. The van der Waals surface area contributed by atoms with Crippen LogP contribution in [0.1, 0.15) is 39.3 Å². The number of nitrogens with one attached hydrogen (secondary N) is 2. The van der Waals surface area contributed by atoms with Crippen LogP contribution in [0, 0.1) is 0 Å². The number of H-pyrrole nitrogens is 1. The highest BCUT2D eigenvalue weighted by Crippen LogP contribution is 2.43. The molecule has 1 atom stereocenters. The summed E-state index contributed by atoms with van der Waals surface area (Å²) in [6.45, 7) is 0.301. The average molecular weight is 448 g/mol. The molecule has 4 rings (SSSR count). The molecule has 4 amide bonds. The number of carbonyl (C=O) groups excluding carboxylic acids is 4. The van der Waals surface area contributed by atoms with Gasteiger partial charge in [-0.1, -0.05) is 30.3 Å². The van der Waals surface area contributed by atoms with Crippen LogP contribution in [0.15, 0.2) is 42.6 Å². The molecule has 168 valence electrons. The summed E-state index contributed by atoms with van der Waals surface area (Å²) in [6.07, 6.45) is -2.14. The number of likely N-dealkylation sites (tertiary alicyclic amines) is 1. The number of nitrogens with zero attached hydrogens (tertiary/aromatic N) is 2. The molecule has 0 aliphatic carbocycles. The van der Waals surface area contributed by atoms with E-state index in [1.165, 1.54) is 30.5 Å². The van der Waals surface area contributed by atoms with Crippen LogP contribution in [-0.4, -0.2) is 64.2 Å². The number of Topliss-reactive ketones (excluding diaryl/α,β-unsaturated/α-hetero) is 1. The number of ketones is 1. The normalized spacial score (nSPS) is 21.2. The van der Waals surface area contributed by atoms with Gasteiger partial charge in [0, 0.05) is 24.8 Å². The lowest BCUT2D eigenvalue weighted by Crippen LogP contribution is -2.55. The molecule has 1 unspecified atom stereocenters. The molecule has 3 heterocycles. The van der Waals surface area contributed by atoms with E-state index in [9.17, 15) is 32.3 Å². The van der Waals surface area contributed by atoms with Crippen LogP contribution in [0.4, 0.5) is 18.0 Å². The van der Waals surface area contributed by atoms with Crippen molar-refractivity contribution >= 4 is 23.6 Å². The molecule has 8 nitrogen and oxygen atoms in total.